The van der Waals surface area contributed by atoms with Crippen LogP contribution in [-0.4, -0.2) is 45.5 Å². The van der Waals surface area contributed by atoms with E-state index >= 15 is 0 Å². The molecule has 4 heteroatoms. The molecule has 0 heterocycles. The Hall–Kier alpha value is -1.55. The number of Topliss-reactive ketones (excluding diaryl/α,β-unsaturated/α-hetero) is 1. The van der Waals surface area contributed by atoms with Gasteiger partial charge in [-0.05, 0) is 38.7 Å². The molecule has 0 aliphatic carbocycles. The molecule has 18 heavy (non-hydrogen) atoms. The first kappa shape index (κ1) is 14.5. The zero-order valence-corrected chi connectivity index (χ0v) is 11.7. The molecule has 0 aliphatic rings. The maximum Gasteiger partial charge on any atom is 0.171 e. The Bertz CT molecular complexity index is 402. The van der Waals surface area contributed by atoms with Gasteiger partial charge in [0.25, 0.3) is 0 Å². The second-order valence-corrected chi connectivity index (χ2v) is 4.52. The summed E-state index contributed by atoms with van der Waals surface area (Å²) in [4.78, 5) is 14.2. The van der Waals surface area contributed by atoms with Crippen molar-refractivity contribution in [2.24, 2.45) is 0 Å². The van der Waals surface area contributed by atoms with E-state index in [9.17, 15) is 4.79 Å². The summed E-state index contributed by atoms with van der Waals surface area (Å²) < 4.78 is 10.6. The topological polar surface area (TPSA) is 38.8 Å². The molecular weight excluding hydrogens is 230 g/mol. The van der Waals surface area contributed by atoms with Gasteiger partial charge in [-0.25, -0.2) is 0 Å². The van der Waals surface area contributed by atoms with E-state index in [0.717, 1.165) is 5.56 Å². The number of hydrogen-bond donors (Lipinski definition) is 0. The molecule has 0 N–H and O–H groups in total. The molecule has 0 unspecified atom stereocenters. The van der Waals surface area contributed by atoms with Crippen molar-refractivity contribution in [1.29, 1.82) is 0 Å². The number of hydrogen-bond acceptors (Lipinski definition) is 4. The average molecular weight is 251 g/mol. The molecule has 0 spiro atoms. The summed E-state index contributed by atoms with van der Waals surface area (Å²) in [6, 6.07) is 3.71. The van der Waals surface area contributed by atoms with Crippen LogP contribution in [-0.2, 0) is 0 Å². The molecule has 0 aliphatic heterocycles. The molecule has 0 fully saturated rings. The number of rotatable bonds is 6. The Morgan fingerprint density at radius 1 is 1.17 bits per heavy atom. The van der Waals surface area contributed by atoms with E-state index in [1.807, 2.05) is 38.1 Å². The van der Waals surface area contributed by atoms with Crippen LogP contribution in [0.25, 0.3) is 0 Å². The summed E-state index contributed by atoms with van der Waals surface area (Å²) in [6.07, 6.45) is 0.447. The van der Waals surface area contributed by atoms with Crippen molar-refractivity contribution in [1.82, 2.24) is 4.90 Å². The number of ketones is 1. The number of nitrogens with zero attached hydrogens (tertiary/aromatic N) is 1. The molecule has 100 valence electrons. The zero-order chi connectivity index (χ0) is 13.7. The third-order valence-corrected chi connectivity index (χ3v) is 2.72. The second-order valence-electron chi connectivity index (χ2n) is 4.52. The maximum atomic E-state index is 12.2. The molecule has 1 aromatic rings. The molecule has 0 bridgehead atoms. The Morgan fingerprint density at radius 3 is 2.06 bits per heavy atom. The highest BCUT2D eigenvalue weighted by Crippen LogP contribution is 2.31. The molecule has 0 amide bonds. The van der Waals surface area contributed by atoms with Crippen molar-refractivity contribution >= 4 is 5.78 Å². The highest BCUT2D eigenvalue weighted by Gasteiger charge is 2.18. The quantitative estimate of drug-likeness (QED) is 0.726. The lowest BCUT2D eigenvalue weighted by Crippen LogP contribution is -2.17. The Kier molecular flexibility index (Phi) is 5.16. The summed E-state index contributed by atoms with van der Waals surface area (Å²) in [6.45, 7) is 2.65. The third kappa shape index (κ3) is 3.47. The fourth-order valence-corrected chi connectivity index (χ4v) is 1.77. The first-order valence-corrected chi connectivity index (χ1v) is 5.90. The lowest BCUT2D eigenvalue weighted by molar-refractivity contribution is 0.0966. The highest BCUT2D eigenvalue weighted by molar-refractivity contribution is 6.01. The van der Waals surface area contributed by atoms with Crippen LogP contribution in [0.1, 0.15) is 22.3 Å². The molecule has 0 radical (unpaired) electrons. The normalized spacial score (nSPS) is 10.6. The van der Waals surface area contributed by atoms with E-state index in [0.29, 0.717) is 30.0 Å². The van der Waals surface area contributed by atoms with Gasteiger partial charge < -0.3 is 14.4 Å². The number of ether oxygens (including phenoxy) is 2. The van der Waals surface area contributed by atoms with Gasteiger partial charge in [-0.15, -0.1) is 0 Å². The summed E-state index contributed by atoms with van der Waals surface area (Å²) >= 11 is 0. The van der Waals surface area contributed by atoms with Gasteiger partial charge in [0.2, 0.25) is 0 Å². The van der Waals surface area contributed by atoms with Crippen LogP contribution in [0.15, 0.2) is 12.1 Å². The predicted molar refractivity (Wildman–Crippen MR) is 71.8 cm³/mol. The predicted octanol–water partition coefficient (Wildman–Crippen LogP) is 2.15. The minimum atomic E-state index is 0.0393. The monoisotopic (exact) mass is 251 g/mol. The van der Waals surface area contributed by atoms with Crippen LogP contribution < -0.4 is 9.47 Å². The summed E-state index contributed by atoms with van der Waals surface area (Å²) in [5, 5.41) is 0. The highest BCUT2D eigenvalue weighted by atomic mass is 16.5. The fourth-order valence-electron chi connectivity index (χ4n) is 1.77. The number of aryl methyl sites for hydroxylation is 1. The van der Waals surface area contributed by atoms with E-state index in [4.69, 9.17) is 9.47 Å². The van der Waals surface area contributed by atoms with Gasteiger partial charge in [-0.3, -0.25) is 4.79 Å². The first-order valence-electron chi connectivity index (χ1n) is 5.90. The number of carbonyl (C=O) groups is 1. The summed E-state index contributed by atoms with van der Waals surface area (Å²) in [5.41, 5.74) is 1.54. The van der Waals surface area contributed by atoms with Gasteiger partial charge in [-0.2, -0.15) is 0 Å². The van der Waals surface area contributed by atoms with Crippen LogP contribution >= 0.6 is 0 Å². The van der Waals surface area contributed by atoms with E-state index in [1.165, 1.54) is 0 Å². The Balaban J connectivity index is 3.08. The maximum absolute atomic E-state index is 12.2. The van der Waals surface area contributed by atoms with Crippen molar-refractivity contribution in [3.8, 4) is 11.5 Å². The number of benzene rings is 1. The van der Waals surface area contributed by atoms with Crippen molar-refractivity contribution in [3.05, 3.63) is 23.3 Å². The minimum absolute atomic E-state index is 0.0393. The van der Waals surface area contributed by atoms with E-state index < -0.39 is 0 Å². The fraction of sp³-hybridized carbons (Fsp3) is 0.500. The van der Waals surface area contributed by atoms with Crippen LogP contribution in [0.2, 0.25) is 0 Å². The van der Waals surface area contributed by atoms with Crippen LogP contribution in [0.5, 0.6) is 11.5 Å². The third-order valence-electron chi connectivity index (χ3n) is 2.72. The molecule has 1 aromatic carbocycles. The summed E-state index contributed by atoms with van der Waals surface area (Å²) in [5.74, 6) is 1.20. The van der Waals surface area contributed by atoms with Gasteiger partial charge in [0.1, 0.15) is 17.1 Å². The summed E-state index contributed by atoms with van der Waals surface area (Å²) in [7, 11) is 7.02. The molecule has 0 saturated carbocycles. The van der Waals surface area contributed by atoms with E-state index in [1.54, 1.807) is 14.2 Å². The van der Waals surface area contributed by atoms with Crippen molar-refractivity contribution in [2.45, 2.75) is 13.3 Å². The van der Waals surface area contributed by atoms with Gasteiger partial charge in [0, 0.05) is 13.0 Å². The first-order chi connectivity index (χ1) is 8.49. The van der Waals surface area contributed by atoms with E-state index in [-0.39, 0.29) is 5.78 Å². The molecule has 0 saturated heterocycles. The lowest BCUT2D eigenvalue weighted by atomic mass is 10.0. The van der Waals surface area contributed by atoms with Crippen LogP contribution in [0, 0.1) is 6.92 Å². The van der Waals surface area contributed by atoms with Gasteiger partial charge in [0.05, 0.1) is 14.2 Å². The Labute approximate surface area is 108 Å². The molecule has 1 rings (SSSR count). The molecule has 0 aromatic heterocycles. The van der Waals surface area contributed by atoms with Gasteiger partial charge >= 0.3 is 0 Å². The lowest BCUT2D eigenvalue weighted by Gasteiger charge is -2.14. The van der Waals surface area contributed by atoms with Gasteiger partial charge in [-0.1, -0.05) is 0 Å². The zero-order valence-electron chi connectivity index (χ0n) is 11.7. The van der Waals surface area contributed by atoms with Crippen LogP contribution in [0.4, 0.5) is 0 Å². The van der Waals surface area contributed by atoms with Crippen molar-refractivity contribution in [3.63, 3.8) is 0 Å². The van der Waals surface area contributed by atoms with Gasteiger partial charge in [0.15, 0.2) is 5.78 Å². The number of methoxy groups -OCH3 is 2. The minimum Gasteiger partial charge on any atom is -0.496 e. The molecular formula is C14H21NO3. The average Bonchev–Trinajstić information content (AvgIpc) is 2.34. The standard InChI is InChI=1S/C14H21NO3/c1-10-8-12(17-4)14(13(9-10)18-5)11(16)6-7-15(2)3/h8-9H,6-7H2,1-5H3. The smallest absolute Gasteiger partial charge is 0.171 e. The van der Waals surface area contributed by atoms with Crippen molar-refractivity contribution < 1.29 is 14.3 Å². The van der Waals surface area contributed by atoms with Crippen molar-refractivity contribution in [2.75, 3.05) is 34.9 Å². The second kappa shape index (κ2) is 6.40. The number of carbonyl (C=O) groups excluding carboxylic acids is 1. The molecule has 0 atom stereocenters. The molecule has 4 nitrogen and oxygen atoms in total. The Morgan fingerprint density at radius 2 is 1.67 bits per heavy atom. The van der Waals surface area contributed by atoms with E-state index in [2.05, 4.69) is 0 Å². The SMILES string of the molecule is COc1cc(C)cc(OC)c1C(=O)CCN(C)C. The van der Waals surface area contributed by atoms with Crippen LogP contribution in [0.3, 0.4) is 0 Å². The largest absolute Gasteiger partial charge is 0.496 e.